The molecule has 1 saturated heterocycles. The Bertz CT molecular complexity index is 949. The normalized spacial score (nSPS) is 20.2. The molecule has 1 aliphatic heterocycles. The summed E-state index contributed by atoms with van der Waals surface area (Å²) in [6.45, 7) is 3.44. The fourth-order valence-electron chi connectivity index (χ4n) is 3.49. The largest absolute Gasteiger partial charge is 0.496 e. The molecule has 1 unspecified atom stereocenters. The van der Waals surface area contributed by atoms with E-state index in [1.807, 2.05) is 35.9 Å². The lowest BCUT2D eigenvalue weighted by atomic mass is 10.2. The van der Waals surface area contributed by atoms with Crippen molar-refractivity contribution in [2.75, 3.05) is 25.2 Å². The summed E-state index contributed by atoms with van der Waals surface area (Å²) >= 11 is 5.57. The van der Waals surface area contributed by atoms with Crippen molar-refractivity contribution in [3.63, 3.8) is 0 Å². The quantitative estimate of drug-likeness (QED) is 0.726. The first-order valence-electron chi connectivity index (χ1n) is 8.68. The third-order valence-corrected chi connectivity index (χ3v) is 7.26. The van der Waals surface area contributed by atoms with Gasteiger partial charge in [-0.1, -0.05) is 12.1 Å². The number of para-hydroxylation sites is 1. The zero-order valence-corrected chi connectivity index (χ0v) is 16.9. The van der Waals surface area contributed by atoms with Crippen molar-refractivity contribution in [1.29, 1.82) is 0 Å². The second-order valence-electron chi connectivity index (χ2n) is 6.63. The molecule has 2 atom stereocenters. The van der Waals surface area contributed by atoms with Crippen LogP contribution in [-0.2, 0) is 23.6 Å². The molecule has 0 amide bonds. The van der Waals surface area contributed by atoms with E-state index < -0.39 is 9.84 Å². The highest BCUT2D eigenvalue weighted by atomic mass is 32.2. The summed E-state index contributed by atoms with van der Waals surface area (Å²) in [5.41, 5.74) is 0.879. The van der Waals surface area contributed by atoms with Gasteiger partial charge in [-0.15, -0.1) is 5.10 Å². The van der Waals surface area contributed by atoms with Crippen LogP contribution in [0, 0.1) is 4.77 Å². The number of nitrogens with one attached hydrogen (secondary N) is 1. The van der Waals surface area contributed by atoms with Crippen LogP contribution in [0.4, 0.5) is 0 Å². The van der Waals surface area contributed by atoms with Gasteiger partial charge in [0, 0.05) is 13.5 Å². The highest BCUT2D eigenvalue weighted by Crippen LogP contribution is 2.27. The van der Waals surface area contributed by atoms with Crippen molar-refractivity contribution in [2.24, 2.45) is 7.05 Å². The van der Waals surface area contributed by atoms with Crippen molar-refractivity contribution in [1.82, 2.24) is 14.3 Å². The van der Waals surface area contributed by atoms with Crippen molar-refractivity contribution in [2.45, 2.75) is 26.1 Å². The van der Waals surface area contributed by atoms with Gasteiger partial charge >= 0.3 is 0 Å². The Labute approximate surface area is 159 Å². The van der Waals surface area contributed by atoms with Crippen molar-refractivity contribution >= 4 is 22.1 Å². The van der Waals surface area contributed by atoms with E-state index in [0.717, 1.165) is 23.7 Å². The zero-order valence-electron chi connectivity index (χ0n) is 15.3. The van der Waals surface area contributed by atoms with E-state index in [2.05, 4.69) is 6.92 Å². The monoisotopic (exact) mass is 397 g/mol. The fourth-order valence-corrected chi connectivity index (χ4v) is 5.51. The first-order valence-corrected chi connectivity index (χ1v) is 10.9. The molecule has 142 valence electrons. The van der Waals surface area contributed by atoms with E-state index in [0.29, 0.717) is 17.9 Å². The molecule has 1 aliphatic rings. The highest BCUT2D eigenvalue weighted by Gasteiger charge is 2.35. The number of benzene rings is 1. The first-order chi connectivity index (χ1) is 12.4. The van der Waals surface area contributed by atoms with E-state index in [1.54, 1.807) is 11.8 Å². The lowest BCUT2D eigenvalue weighted by molar-refractivity contribution is -0.943. The number of methoxy groups -OCH3 is 1. The molecule has 0 spiro atoms. The van der Waals surface area contributed by atoms with Crippen LogP contribution in [0.2, 0.25) is 0 Å². The Balaban J connectivity index is 1.91. The molecular formula is C17H25N4O3S2+. The third-order valence-electron chi connectivity index (χ3n) is 5.01. The van der Waals surface area contributed by atoms with Crippen LogP contribution in [-0.4, -0.2) is 54.0 Å². The van der Waals surface area contributed by atoms with Gasteiger partial charge in [-0.3, -0.25) is 0 Å². The lowest BCUT2D eigenvalue weighted by Gasteiger charge is -2.23. The second-order valence-corrected chi connectivity index (χ2v) is 9.23. The van der Waals surface area contributed by atoms with Gasteiger partial charge in [0.05, 0.1) is 25.0 Å². The van der Waals surface area contributed by atoms with Crippen LogP contribution in [0.15, 0.2) is 24.3 Å². The SMILES string of the molecule is CC[NH+](Cn1nc(-c2ccccc2OC)n(C)c1=S)[C@@H]1CCS(=O)(=O)C1. The molecule has 1 aromatic heterocycles. The molecular weight excluding hydrogens is 372 g/mol. The summed E-state index contributed by atoms with van der Waals surface area (Å²) < 4.78 is 33.4. The van der Waals surface area contributed by atoms with Gasteiger partial charge in [-0.2, -0.15) is 4.68 Å². The predicted octanol–water partition coefficient (Wildman–Crippen LogP) is 0.676. The Morgan fingerprint density at radius 2 is 2.12 bits per heavy atom. The maximum absolute atomic E-state index is 11.8. The average molecular weight is 398 g/mol. The number of nitrogens with zero attached hydrogens (tertiary/aromatic N) is 3. The van der Waals surface area contributed by atoms with Crippen molar-refractivity contribution in [3.05, 3.63) is 29.0 Å². The lowest BCUT2D eigenvalue weighted by Crippen LogP contribution is -3.15. The van der Waals surface area contributed by atoms with Gasteiger partial charge in [-0.05, 0) is 31.3 Å². The van der Waals surface area contributed by atoms with Crippen LogP contribution >= 0.6 is 12.2 Å². The molecule has 1 N–H and O–H groups in total. The predicted molar refractivity (Wildman–Crippen MR) is 103 cm³/mol. The number of hydrogen-bond donors (Lipinski definition) is 1. The number of aromatic nitrogens is 3. The highest BCUT2D eigenvalue weighted by molar-refractivity contribution is 7.91. The summed E-state index contributed by atoms with van der Waals surface area (Å²) in [5, 5.41) is 4.71. The molecule has 0 aliphatic carbocycles. The van der Waals surface area contributed by atoms with E-state index in [-0.39, 0.29) is 17.5 Å². The molecule has 0 bridgehead atoms. The molecule has 0 saturated carbocycles. The molecule has 3 rings (SSSR count). The topological polar surface area (TPSA) is 70.6 Å². The number of rotatable bonds is 6. The van der Waals surface area contributed by atoms with Crippen molar-refractivity contribution in [3.8, 4) is 17.1 Å². The van der Waals surface area contributed by atoms with Crippen LogP contribution in [0.5, 0.6) is 5.75 Å². The number of ether oxygens (including phenoxy) is 1. The van der Waals surface area contributed by atoms with Crippen LogP contribution < -0.4 is 9.64 Å². The van der Waals surface area contributed by atoms with Gasteiger partial charge < -0.3 is 14.2 Å². The Morgan fingerprint density at radius 1 is 1.38 bits per heavy atom. The summed E-state index contributed by atoms with van der Waals surface area (Å²) in [6.07, 6.45) is 0.699. The summed E-state index contributed by atoms with van der Waals surface area (Å²) in [6, 6.07) is 7.80. The average Bonchev–Trinajstić information content (AvgIpc) is 3.13. The molecule has 2 aromatic rings. The van der Waals surface area contributed by atoms with Gasteiger partial charge in [0.15, 0.2) is 22.3 Å². The van der Waals surface area contributed by atoms with E-state index in [4.69, 9.17) is 22.1 Å². The molecule has 1 aromatic carbocycles. The first kappa shape index (κ1) is 19.1. The minimum atomic E-state index is -2.91. The number of sulfone groups is 1. The standard InChI is InChI=1S/C17H24N4O3S2/c1-4-20(13-9-10-26(22,23)11-13)12-21-17(25)19(2)16(18-21)14-7-5-6-8-15(14)24-3/h5-8,13H,4,9-12H2,1-3H3/p+1/t13-/m1/s1. The van der Waals surface area contributed by atoms with Crippen LogP contribution in [0.3, 0.4) is 0 Å². The van der Waals surface area contributed by atoms with Gasteiger partial charge in [0.2, 0.25) is 4.77 Å². The maximum Gasteiger partial charge on any atom is 0.202 e. The smallest absolute Gasteiger partial charge is 0.202 e. The Kier molecular flexibility index (Phi) is 5.50. The summed E-state index contributed by atoms with van der Waals surface area (Å²) in [5.74, 6) is 2.00. The van der Waals surface area contributed by atoms with E-state index in [1.165, 1.54) is 4.90 Å². The summed E-state index contributed by atoms with van der Waals surface area (Å²) in [4.78, 5) is 1.19. The molecule has 9 heteroatoms. The second kappa shape index (κ2) is 7.50. The fraction of sp³-hybridized carbons (Fsp3) is 0.529. The van der Waals surface area contributed by atoms with Gasteiger partial charge in [0.25, 0.3) is 0 Å². The number of hydrogen-bond acceptors (Lipinski definition) is 5. The molecule has 2 heterocycles. The molecule has 7 nitrogen and oxygen atoms in total. The molecule has 0 radical (unpaired) electrons. The minimum Gasteiger partial charge on any atom is -0.496 e. The van der Waals surface area contributed by atoms with Crippen molar-refractivity contribution < 1.29 is 18.1 Å². The van der Waals surface area contributed by atoms with Gasteiger partial charge in [-0.25, -0.2) is 8.42 Å². The van der Waals surface area contributed by atoms with Crippen LogP contribution in [0.25, 0.3) is 11.4 Å². The molecule has 26 heavy (non-hydrogen) atoms. The Hall–Kier alpha value is -1.71. The third kappa shape index (κ3) is 3.70. The Morgan fingerprint density at radius 3 is 2.73 bits per heavy atom. The molecule has 1 fully saturated rings. The van der Waals surface area contributed by atoms with E-state index in [9.17, 15) is 8.42 Å². The zero-order chi connectivity index (χ0) is 18.9. The number of quaternary nitrogens is 1. The summed E-state index contributed by atoms with van der Waals surface area (Å²) in [7, 11) is 0.615. The van der Waals surface area contributed by atoms with Gasteiger partial charge in [0.1, 0.15) is 17.5 Å². The van der Waals surface area contributed by atoms with Crippen LogP contribution in [0.1, 0.15) is 13.3 Å². The minimum absolute atomic E-state index is 0.101. The maximum atomic E-state index is 11.8. The van der Waals surface area contributed by atoms with E-state index >= 15 is 0 Å².